The largest absolute Gasteiger partial charge is 0.370 e. The van der Waals surface area contributed by atoms with Crippen LogP contribution in [0.1, 0.15) is 40.5 Å². The van der Waals surface area contributed by atoms with Crippen LogP contribution in [0.15, 0.2) is 4.99 Å². The third kappa shape index (κ3) is 1.84. The molecule has 0 amide bonds. The van der Waals surface area contributed by atoms with E-state index in [0.29, 0.717) is 28.7 Å². The summed E-state index contributed by atoms with van der Waals surface area (Å²) in [5.74, 6) is 1.31. The van der Waals surface area contributed by atoms with E-state index in [1.165, 1.54) is 12.8 Å². The first-order valence-corrected chi connectivity index (χ1v) is 5.92. The molecular formula is C12H23N3. The molecule has 2 saturated carbocycles. The molecule has 0 aromatic rings. The van der Waals surface area contributed by atoms with Crippen LogP contribution in [-0.2, 0) is 0 Å². The van der Waals surface area contributed by atoms with E-state index in [-0.39, 0.29) is 0 Å². The van der Waals surface area contributed by atoms with Crippen molar-refractivity contribution in [1.29, 1.82) is 0 Å². The van der Waals surface area contributed by atoms with Gasteiger partial charge in [-0.3, -0.25) is 4.99 Å². The maximum absolute atomic E-state index is 5.81. The lowest BCUT2D eigenvalue weighted by Crippen LogP contribution is -2.33. The fourth-order valence-electron chi connectivity index (χ4n) is 2.46. The molecule has 2 fully saturated rings. The van der Waals surface area contributed by atoms with Gasteiger partial charge in [-0.2, -0.15) is 0 Å². The molecule has 0 aromatic carbocycles. The Morgan fingerprint density at radius 3 is 2.20 bits per heavy atom. The Hall–Kier alpha value is -0.730. The second-order valence-corrected chi connectivity index (χ2v) is 6.14. The second kappa shape index (κ2) is 3.13. The second-order valence-electron chi connectivity index (χ2n) is 6.14. The molecule has 0 heterocycles. The number of guanidine groups is 1. The van der Waals surface area contributed by atoms with Crippen molar-refractivity contribution < 1.29 is 0 Å². The predicted octanol–water partition coefficient (Wildman–Crippen LogP) is 1.74. The van der Waals surface area contributed by atoms with Gasteiger partial charge in [0.15, 0.2) is 5.96 Å². The maximum atomic E-state index is 5.81. The van der Waals surface area contributed by atoms with Gasteiger partial charge in [0, 0.05) is 12.6 Å². The highest BCUT2D eigenvalue weighted by Crippen LogP contribution is 2.68. The summed E-state index contributed by atoms with van der Waals surface area (Å²) in [5, 5.41) is 3.22. The van der Waals surface area contributed by atoms with Gasteiger partial charge in [0.05, 0.1) is 0 Å². The SMILES string of the molecule is CC1(C)C(CN=C(N)NC2CC2)C1(C)C. The average Bonchev–Trinajstić information content (AvgIpc) is 2.93. The van der Waals surface area contributed by atoms with Crippen molar-refractivity contribution in [3.63, 3.8) is 0 Å². The number of nitrogens with two attached hydrogens (primary N) is 1. The zero-order valence-corrected chi connectivity index (χ0v) is 10.3. The summed E-state index contributed by atoms with van der Waals surface area (Å²) in [6.45, 7) is 10.1. The first kappa shape index (κ1) is 10.8. The molecule has 0 aliphatic heterocycles. The smallest absolute Gasteiger partial charge is 0.188 e. The molecule has 0 bridgehead atoms. The lowest BCUT2D eigenvalue weighted by atomic mass is 10.0. The van der Waals surface area contributed by atoms with Gasteiger partial charge in [0.25, 0.3) is 0 Å². The van der Waals surface area contributed by atoms with Crippen molar-refractivity contribution in [2.45, 2.75) is 46.6 Å². The maximum Gasteiger partial charge on any atom is 0.188 e. The van der Waals surface area contributed by atoms with Crippen molar-refractivity contribution in [2.75, 3.05) is 6.54 Å². The lowest BCUT2D eigenvalue weighted by molar-refractivity contribution is 0.457. The highest BCUT2D eigenvalue weighted by molar-refractivity contribution is 5.78. The van der Waals surface area contributed by atoms with E-state index >= 15 is 0 Å². The average molecular weight is 209 g/mol. The zero-order chi connectivity index (χ0) is 11.3. The molecule has 2 aliphatic rings. The van der Waals surface area contributed by atoms with Crippen LogP contribution >= 0.6 is 0 Å². The molecule has 0 aromatic heterocycles. The Morgan fingerprint density at radius 1 is 1.27 bits per heavy atom. The molecule has 0 radical (unpaired) electrons. The zero-order valence-electron chi connectivity index (χ0n) is 10.3. The van der Waals surface area contributed by atoms with Gasteiger partial charge in [0.2, 0.25) is 0 Å². The molecule has 0 spiro atoms. The minimum atomic E-state index is 0.413. The number of nitrogens with zero attached hydrogens (tertiary/aromatic N) is 1. The highest BCUT2D eigenvalue weighted by atomic mass is 15.1. The monoisotopic (exact) mass is 209 g/mol. The summed E-state index contributed by atoms with van der Waals surface area (Å²) < 4.78 is 0. The van der Waals surface area contributed by atoms with Crippen LogP contribution in [0, 0.1) is 16.7 Å². The molecular weight excluding hydrogens is 186 g/mol. The summed E-state index contributed by atoms with van der Waals surface area (Å²) >= 11 is 0. The fourth-order valence-corrected chi connectivity index (χ4v) is 2.46. The molecule has 15 heavy (non-hydrogen) atoms. The van der Waals surface area contributed by atoms with Gasteiger partial charge in [-0.15, -0.1) is 0 Å². The van der Waals surface area contributed by atoms with Crippen molar-refractivity contribution in [3.05, 3.63) is 0 Å². The van der Waals surface area contributed by atoms with E-state index in [1.807, 2.05) is 0 Å². The van der Waals surface area contributed by atoms with Crippen molar-refractivity contribution in [3.8, 4) is 0 Å². The number of hydrogen-bond donors (Lipinski definition) is 2. The minimum Gasteiger partial charge on any atom is -0.370 e. The van der Waals surface area contributed by atoms with E-state index in [1.54, 1.807) is 0 Å². The molecule has 0 saturated heterocycles. The summed E-state index contributed by atoms with van der Waals surface area (Å²) in [6, 6.07) is 0.606. The van der Waals surface area contributed by atoms with Gasteiger partial charge < -0.3 is 11.1 Å². The standard InChI is InChI=1S/C12H23N3/c1-11(2)9(12(11,3)4)7-14-10(13)15-8-5-6-8/h8-9H,5-7H2,1-4H3,(H3,13,14,15). The molecule has 3 N–H and O–H groups in total. The summed E-state index contributed by atoms with van der Waals surface area (Å²) in [5.41, 5.74) is 6.63. The Kier molecular flexibility index (Phi) is 2.25. The summed E-state index contributed by atoms with van der Waals surface area (Å²) in [4.78, 5) is 4.44. The van der Waals surface area contributed by atoms with Crippen LogP contribution in [0.25, 0.3) is 0 Å². The van der Waals surface area contributed by atoms with Crippen molar-refractivity contribution in [2.24, 2.45) is 27.5 Å². The van der Waals surface area contributed by atoms with Crippen LogP contribution in [0.2, 0.25) is 0 Å². The first-order valence-electron chi connectivity index (χ1n) is 5.92. The molecule has 2 rings (SSSR count). The Bertz CT molecular complexity index is 273. The third-order valence-corrected chi connectivity index (χ3v) is 4.69. The van der Waals surface area contributed by atoms with Crippen LogP contribution in [0.3, 0.4) is 0 Å². The fraction of sp³-hybridized carbons (Fsp3) is 0.917. The van der Waals surface area contributed by atoms with Crippen LogP contribution in [0.4, 0.5) is 0 Å². The quantitative estimate of drug-likeness (QED) is 0.549. The van der Waals surface area contributed by atoms with Gasteiger partial charge >= 0.3 is 0 Å². The molecule has 0 atom stereocenters. The molecule has 0 unspecified atom stereocenters. The Morgan fingerprint density at radius 2 is 1.80 bits per heavy atom. The molecule has 86 valence electrons. The molecule has 3 heteroatoms. The Labute approximate surface area is 92.5 Å². The number of hydrogen-bond acceptors (Lipinski definition) is 1. The Balaban J connectivity index is 1.83. The lowest BCUT2D eigenvalue weighted by Gasteiger charge is -2.04. The van der Waals surface area contributed by atoms with E-state index in [2.05, 4.69) is 38.0 Å². The molecule has 3 nitrogen and oxygen atoms in total. The van der Waals surface area contributed by atoms with Crippen molar-refractivity contribution >= 4 is 5.96 Å². The highest BCUT2D eigenvalue weighted by Gasteiger charge is 2.64. The topological polar surface area (TPSA) is 50.4 Å². The normalized spacial score (nSPS) is 28.9. The number of aliphatic imine (C=N–C) groups is 1. The number of nitrogens with one attached hydrogen (secondary N) is 1. The van der Waals surface area contributed by atoms with Gasteiger partial charge in [-0.25, -0.2) is 0 Å². The van der Waals surface area contributed by atoms with Gasteiger partial charge in [-0.05, 0) is 29.6 Å². The van der Waals surface area contributed by atoms with Crippen LogP contribution in [-0.4, -0.2) is 18.5 Å². The predicted molar refractivity (Wildman–Crippen MR) is 63.7 cm³/mol. The van der Waals surface area contributed by atoms with Gasteiger partial charge in [0.1, 0.15) is 0 Å². The minimum absolute atomic E-state index is 0.413. The van der Waals surface area contributed by atoms with Crippen LogP contribution < -0.4 is 11.1 Å². The first-order chi connectivity index (χ1) is 6.85. The van der Waals surface area contributed by atoms with E-state index < -0.39 is 0 Å². The van der Waals surface area contributed by atoms with Crippen molar-refractivity contribution in [1.82, 2.24) is 5.32 Å². The summed E-state index contributed by atoms with van der Waals surface area (Å²) in [6.07, 6.45) is 2.49. The third-order valence-electron chi connectivity index (χ3n) is 4.69. The van der Waals surface area contributed by atoms with Gasteiger partial charge in [-0.1, -0.05) is 27.7 Å². The number of rotatable bonds is 3. The molecule has 2 aliphatic carbocycles. The van der Waals surface area contributed by atoms with Crippen LogP contribution in [0.5, 0.6) is 0 Å². The van der Waals surface area contributed by atoms with E-state index in [4.69, 9.17) is 5.73 Å². The van der Waals surface area contributed by atoms with E-state index in [0.717, 1.165) is 6.54 Å². The summed E-state index contributed by atoms with van der Waals surface area (Å²) in [7, 11) is 0. The van der Waals surface area contributed by atoms with E-state index in [9.17, 15) is 0 Å².